The number of phenolic OH excluding ortho intramolecular Hbond substituents is 1. The first kappa shape index (κ1) is 12.0. The lowest BCUT2D eigenvalue weighted by Crippen LogP contribution is -2.21. The van der Waals surface area contributed by atoms with Crippen LogP contribution in [0.1, 0.15) is 19.3 Å². The van der Waals surface area contributed by atoms with Gasteiger partial charge < -0.3 is 20.5 Å². The zero-order valence-electron chi connectivity index (χ0n) is 10.2. The number of phenols is 1. The molecule has 0 aliphatic carbocycles. The van der Waals surface area contributed by atoms with E-state index in [1.54, 1.807) is 19.2 Å². The SMILES string of the molecule is COc1ccc(NC2CCCNCC2)cc1O. The fraction of sp³-hybridized carbons (Fsp3) is 0.538. The van der Waals surface area contributed by atoms with Crippen molar-refractivity contribution in [3.8, 4) is 11.5 Å². The standard InChI is InChI=1S/C13H20N2O2/c1-17-13-5-4-11(9-12(13)16)15-10-3-2-7-14-8-6-10/h4-5,9-10,14-16H,2-3,6-8H2,1H3. The van der Waals surface area contributed by atoms with Crippen LogP contribution in [0.15, 0.2) is 18.2 Å². The molecule has 1 aliphatic rings. The molecular weight excluding hydrogens is 216 g/mol. The first-order valence-electron chi connectivity index (χ1n) is 6.14. The third-order valence-electron chi connectivity index (χ3n) is 3.13. The number of nitrogens with one attached hydrogen (secondary N) is 2. The Morgan fingerprint density at radius 3 is 3.00 bits per heavy atom. The predicted molar refractivity (Wildman–Crippen MR) is 68.8 cm³/mol. The van der Waals surface area contributed by atoms with Gasteiger partial charge in [-0.3, -0.25) is 0 Å². The number of aromatic hydroxyl groups is 1. The number of anilines is 1. The maximum absolute atomic E-state index is 9.70. The summed E-state index contributed by atoms with van der Waals surface area (Å²) < 4.78 is 5.02. The minimum absolute atomic E-state index is 0.184. The molecule has 3 N–H and O–H groups in total. The van der Waals surface area contributed by atoms with Crippen LogP contribution < -0.4 is 15.4 Å². The highest BCUT2D eigenvalue weighted by molar-refractivity contribution is 5.54. The molecule has 4 nitrogen and oxygen atoms in total. The van der Waals surface area contributed by atoms with E-state index in [1.165, 1.54) is 12.8 Å². The van der Waals surface area contributed by atoms with Crippen molar-refractivity contribution in [3.05, 3.63) is 18.2 Å². The molecule has 0 bridgehead atoms. The van der Waals surface area contributed by atoms with E-state index in [0.29, 0.717) is 11.8 Å². The van der Waals surface area contributed by atoms with Gasteiger partial charge in [-0.15, -0.1) is 0 Å². The summed E-state index contributed by atoms with van der Waals surface area (Å²) >= 11 is 0. The molecule has 0 amide bonds. The van der Waals surface area contributed by atoms with Gasteiger partial charge in [0.2, 0.25) is 0 Å². The number of ether oxygens (including phenoxy) is 1. The summed E-state index contributed by atoms with van der Waals surface area (Å²) in [5.74, 6) is 0.697. The summed E-state index contributed by atoms with van der Waals surface area (Å²) in [6.07, 6.45) is 3.48. The molecular formula is C13H20N2O2. The molecule has 1 unspecified atom stereocenters. The number of hydrogen-bond donors (Lipinski definition) is 3. The topological polar surface area (TPSA) is 53.5 Å². The smallest absolute Gasteiger partial charge is 0.160 e. The molecule has 0 spiro atoms. The molecule has 0 radical (unpaired) electrons. The van der Waals surface area contributed by atoms with Gasteiger partial charge in [0, 0.05) is 17.8 Å². The van der Waals surface area contributed by atoms with Crippen molar-refractivity contribution in [1.29, 1.82) is 0 Å². The molecule has 4 heteroatoms. The number of rotatable bonds is 3. The maximum Gasteiger partial charge on any atom is 0.160 e. The van der Waals surface area contributed by atoms with E-state index in [0.717, 1.165) is 25.2 Å². The quantitative estimate of drug-likeness (QED) is 0.751. The highest BCUT2D eigenvalue weighted by atomic mass is 16.5. The molecule has 1 aromatic rings. The van der Waals surface area contributed by atoms with Crippen molar-refractivity contribution >= 4 is 5.69 Å². The summed E-state index contributed by atoms with van der Waals surface area (Å²) in [5, 5.41) is 16.5. The van der Waals surface area contributed by atoms with Crippen molar-refractivity contribution in [3.63, 3.8) is 0 Å². The van der Waals surface area contributed by atoms with Crippen LogP contribution in [-0.4, -0.2) is 31.3 Å². The second-order valence-corrected chi connectivity index (χ2v) is 4.41. The molecule has 94 valence electrons. The van der Waals surface area contributed by atoms with Crippen LogP contribution in [-0.2, 0) is 0 Å². The predicted octanol–water partition coefficient (Wildman–Crippen LogP) is 1.95. The van der Waals surface area contributed by atoms with Crippen LogP contribution in [0, 0.1) is 0 Å². The Balaban J connectivity index is 1.99. The molecule has 1 aromatic carbocycles. The van der Waals surface area contributed by atoms with Crippen molar-refractivity contribution in [2.75, 3.05) is 25.5 Å². The molecule has 1 heterocycles. The van der Waals surface area contributed by atoms with E-state index in [-0.39, 0.29) is 5.75 Å². The Hall–Kier alpha value is -1.42. The van der Waals surface area contributed by atoms with Gasteiger partial charge in [0.05, 0.1) is 7.11 Å². The Labute approximate surface area is 102 Å². The molecule has 0 saturated carbocycles. The zero-order valence-corrected chi connectivity index (χ0v) is 10.2. The summed E-state index contributed by atoms with van der Waals surface area (Å²) in [6.45, 7) is 2.16. The lowest BCUT2D eigenvalue weighted by molar-refractivity contribution is 0.373. The molecule has 0 aromatic heterocycles. The maximum atomic E-state index is 9.70. The lowest BCUT2D eigenvalue weighted by Gasteiger charge is -2.17. The second-order valence-electron chi connectivity index (χ2n) is 4.41. The van der Waals surface area contributed by atoms with Crippen LogP contribution in [0.5, 0.6) is 11.5 Å². The van der Waals surface area contributed by atoms with E-state index < -0.39 is 0 Å². The highest BCUT2D eigenvalue weighted by Crippen LogP contribution is 2.29. The van der Waals surface area contributed by atoms with Gasteiger partial charge in [-0.2, -0.15) is 0 Å². The van der Waals surface area contributed by atoms with Crippen LogP contribution >= 0.6 is 0 Å². The number of methoxy groups -OCH3 is 1. The van der Waals surface area contributed by atoms with E-state index in [4.69, 9.17) is 4.74 Å². The average molecular weight is 236 g/mol. The van der Waals surface area contributed by atoms with Crippen molar-refractivity contribution in [2.45, 2.75) is 25.3 Å². The molecule has 2 rings (SSSR count). The normalized spacial score (nSPS) is 20.6. The minimum atomic E-state index is 0.184. The Kier molecular flexibility index (Phi) is 4.09. The largest absolute Gasteiger partial charge is 0.504 e. The fourth-order valence-corrected chi connectivity index (χ4v) is 2.18. The van der Waals surface area contributed by atoms with E-state index >= 15 is 0 Å². The van der Waals surface area contributed by atoms with E-state index in [2.05, 4.69) is 10.6 Å². The molecule has 1 fully saturated rings. The lowest BCUT2D eigenvalue weighted by atomic mass is 10.1. The summed E-state index contributed by atoms with van der Waals surface area (Å²) in [5.41, 5.74) is 0.954. The zero-order chi connectivity index (χ0) is 12.1. The van der Waals surface area contributed by atoms with Gasteiger partial charge in [-0.05, 0) is 44.5 Å². The molecule has 1 aliphatic heterocycles. The highest BCUT2D eigenvalue weighted by Gasteiger charge is 2.12. The monoisotopic (exact) mass is 236 g/mol. The molecule has 1 saturated heterocycles. The van der Waals surface area contributed by atoms with Gasteiger partial charge in [-0.25, -0.2) is 0 Å². The summed E-state index contributed by atoms with van der Waals surface area (Å²) in [7, 11) is 1.55. The minimum Gasteiger partial charge on any atom is -0.504 e. The van der Waals surface area contributed by atoms with Crippen LogP contribution in [0.4, 0.5) is 5.69 Å². The van der Waals surface area contributed by atoms with Gasteiger partial charge in [0.1, 0.15) is 0 Å². The van der Waals surface area contributed by atoms with Crippen LogP contribution in [0.25, 0.3) is 0 Å². The van der Waals surface area contributed by atoms with Crippen LogP contribution in [0.2, 0.25) is 0 Å². The van der Waals surface area contributed by atoms with Gasteiger partial charge in [-0.1, -0.05) is 0 Å². The summed E-state index contributed by atoms with van der Waals surface area (Å²) in [4.78, 5) is 0. The Morgan fingerprint density at radius 1 is 1.35 bits per heavy atom. The second kappa shape index (κ2) is 5.77. The van der Waals surface area contributed by atoms with E-state index in [1.807, 2.05) is 6.07 Å². The number of hydrogen-bond acceptors (Lipinski definition) is 4. The fourth-order valence-electron chi connectivity index (χ4n) is 2.18. The van der Waals surface area contributed by atoms with Crippen molar-refractivity contribution in [2.24, 2.45) is 0 Å². The van der Waals surface area contributed by atoms with Gasteiger partial charge in [0.15, 0.2) is 11.5 Å². The van der Waals surface area contributed by atoms with Crippen molar-refractivity contribution < 1.29 is 9.84 Å². The summed E-state index contributed by atoms with van der Waals surface area (Å²) in [6, 6.07) is 5.93. The Morgan fingerprint density at radius 2 is 2.24 bits per heavy atom. The first-order valence-corrected chi connectivity index (χ1v) is 6.14. The van der Waals surface area contributed by atoms with Crippen molar-refractivity contribution in [1.82, 2.24) is 5.32 Å². The Bertz CT molecular complexity index is 360. The third kappa shape index (κ3) is 3.27. The van der Waals surface area contributed by atoms with Gasteiger partial charge in [0.25, 0.3) is 0 Å². The molecule has 17 heavy (non-hydrogen) atoms. The number of benzene rings is 1. The molecule has 1 atom stereocenters. The van der Waals surface area contributed by atoms with Gasteiger partial charge >= 0.3 is 0 Å². The third-order valence-corrected chi connectivity index (χ3v) is 3.13. The van der Waals surface area contributed by atoms with E-state index in [9.17, 15) is 5.11 Å². The first-order chi connectivity index (χ1) is 8.29. The average Bonchev–Trinajstić information content (AvgIpc) is 2.58. The van der Waals surface area contributed by atoms with Crippen LogP contribution in [0.3, 0.4) is 0 Å².